The Morgan fingerprint density at radius 3 is 0.556 bits per heavy atom. The van der Waals surface area contributed by atoms with Crippen LogP contribution < -0.4 is 5.32 Å². The van der Waals surface area contributed by atoms with Gasteiger partial charge in [0.15, 0.2) is 0 Å². The van der Waals surface area contributed by atoms with Gasteiger partial charge in [0.25, 0.3) is 0 Å². The van der Waals surface area contributed by atoms with Gasteiger partial charge in [-0.25, -0.2) is 0 Å². The molecular formula is C77H155NO3. The lowest BCUT2D eigenvalue weighted by Crippen LogP contribution is -2.45. The summed E-state index contributed by atoms with van der Waals surface area (Å²) in [7, 11) is 0. The largest absolute Gasteiger partial charge is 0.394 e. The standard InChI is InChI=1S/C77H155NO3/c1-3-5-7-9-11-13-15-17-19-21-23-25-27-29-31-33-35-36-37-38-39-40-41-43-45-47-49-51-53-55-57-59-61-63-65-67-69-71-73-77(81)78-75(74-79)76(80)72-70-68-66-64-62-60-58-56-54-52-50-48-46-44-42-34-32-30-28-26-24-22-20-18-16-14-12-10-8-6-4-2/h75-76,79-80H,3-74H2,1-2H3,(H,78,81). The van der Waals surface area contributed by atoms with Gasteiger partial charge in [0.05, 0.1) is 18.8 Å². The summed E-state index contributed by atoms with van der Waals surface area (Å²) in [6, 6.07) is -0.534. The van der Waals surface area contributed by atoms with Crippen LogP contribution in [-0.2, 0) is 4.79 Å². The van der Waals surface area contributed by atoms with Crippen molar-refractivity contribution in [2.45, 2.75) is 482 Å². The lowest BCUT2D eigenvalue weighted by molar-refractivity contribution is -0.123. The van der Waals surface area contributed by atoms with Gasteiger partial charge in [0.1, 0.15) is 0 Å². The van der Waals surface area contributed by atoms with E-state index in [1.54, 1.807) is 0 Å². The number of carbonyl (C=O) groups excluding carboxylic acids is 1. The number of aliphatic hydroxyl groups excluding tert-OH is 2. The van der Waals surface area contributed by atoms with Gasteiger partial charge in [-0.2, -0.15) is 0 Å². The minimum absolute atomic E-state index is 0.0181. The smallest absolute Gasteiger partial charge is 0.220 e. The first-order chi connectivity index (χ1) is 40.2. The SMILES string of the molecule is CCCCCCCCCCCCCCCCCCCCCCCCCCCCCCCCCCCCCCCCC(=O)NC(CO)C(O)CCCCCCCCCCCCCCCCCCCCCCCCCCCCCCCCC. The molecule has 0 aromatic carbocycles. The van der Waals surface area contributed by atoms with E-state index in [9.17, 15) is 15.0 Å². The zero-order valence-electron chi connectivity index (χ0n) is 56.4. The molecular weight excluding hydrogens is 987 g/mol. The van der Waals surface area contributed by atoms with Crippen LogP contribution in [0, 0.1) is 0 Å². The number of hydrogen-bond acceptors (Lipinski definition) is 3. The number of unbranched alkanes of at least 4 members (excludes halogenated alkanes) is 67. The zero-order valence-corrected chi connectivity index (χ0v) is 56.4. The molecule has 0 aliphatic rings. The molecule has 0 aliphatic heterocycles. The number of aliphatic hydroxyl groups is 2. The van der Waals surface area contributed by atoms with Crippen LogP contribution in [0.2, 0.25) is 0 Å². The highest BCUT2D eigenvalue weighted by Crippen LogP contribution is 2.21. The van der Waals surface area contributed by atoms with Crippen molar-refractivity contribution in [1.29, 1.82) is 0 Å². The summed E-state index contributed by atoms with van der Waals surface area (Å²) in [6.07, 6.45) is 97.9. The summed E-state index contributed by atoms with van der Waals surface area (Å²) in [5, 5.41) is 23.5. The predicted molar refractivity (Wildman–Crippen MR) is 364 cm³/mol. The molecule has 4 nitrogen and oxygen atoms in total. The van der Waals surface area contributed by atoms with Gasteiger partial charge < -0.3 is 15.5 Å². The minimum atomic E-state index is -0.657. The van der Waals surface area contributed by atoms with Crippen LogP contribution in [0.25, 0.3) is 0 Å². The Hall–Kier alpha value is -0.610. The second-order valence-electron chi connectivity index (χ2n) is 27.2. The zero-order chi connectivity index (χ0) is 58.4. The summed E-state index contributed by atoms with van der Waals surface area (Å²) in [5.74, 6) is -0.0181. The van der Waals surface area contributed by atoms with Crippen LogP contribution in [0.4, 0.5) is 0 Å². The molecule has 486 valence electrons. The average Bonchev–Trinajstić information content (AvgIpc) is 3.47. The molecule has 2 atom stereocenters. The summed E-state index contributed by atoms with van der Waals surface area (Å²) >= 11 is 0. The molecule has 0 fully saturated rings. The summed E-state index contributed by atoms with van der Waals surface area (Å²) in [4.78, 5) is 12.6. The van der Waals surface area contributed by atoms with Gasteiger partial charge in [0.2, 0.25) is 5.91 Å². The predicted octanol–water partition coefficient (Wildman–Crippen LogP) is 26.6. The normalized spacial score (nSPS) is 12.5. The Kier molecular flexibility index (Phi) is 73.1. The minimum Gasteiger partial charge on any atom is -0.394 e. The van der Waals surface area contributed by atoms with E-state index in [0.717, 1.165) is 25.7 Å². The van der Waals surface area contributed by atoms with E-state index in [4.69, 9.17) is 0 Å². The van der Waals surface area contributed by atoms with Crippen molar-refractivity contribution < 1.29 is 15.0 Å². The van der Waals surface area contributed by atoms with E-state index in [2.05, 4.69) is 19.2 Å². The molecule has 0 aromatic heterocycles. The topological polar surface area (TPSA) is 69.6 Å². The fourth-order valence-corrected chi connectivity index (χ4v) is 13.0. The second-order valence-corrected chi connectivity index (χ2v) is 27.2. The van der Waals surface area contributed by atoms with E-state index in [0.29, 0.717) is 12.8 Å². The summed E-state index contributed by atoms with van der Waals surface area (Å²) in [5.41, 5.74) is 0. The Balaban J connectivity index is 3.33. The molecule has 0 saturated heterocycles. The molecule has 1 amide bonds. The first kappa shape index (κ1) is 80.4. The van der Waals surface area contributed by atoms with E-state index in [1.165, 1.54) is 417 Å². The molecule has 0 bridgehead atoms. The van der Waals surface area contributed by atoms with Crippen molar-refractivity contribution >= 4 is 5.91 Å². The first-order valence-electron chi connectivity index (χ1n) is 38.7. The van der Waals surface area contributed by atoms with Crippen LogP contribution in [-0.4, -0.2) is 34.9 Å². The maximum atomic E-state index is 12.6. The Morgan fingerprint density at radius 2 is 0.395 bits per heavy atom. The molecule has 0 aliphatic carbocycles. The van der Waals surface area contributed by atoms with Crippen LogP contribution in [0.15, 0.2) is 0 Å². The van der Waals surface area contributed by atoms with Crippen LogP contribution in [0.5, 0.6) is 0 Å². The molecule has 0 heterocycles. The lowest BCUT2D eigenvalue weighted by atomic mass is 10.0. The maximum Gasteiger partial charge on any atom is 0.220 e. The Morgan fingerprint density at radius 1 is 0.247 bits per heavy atom. The second kappa shape index (κ2) is 73.6. The van der Waals surface area contributed by atoms with Gasteiger partial charge in [-0.3, -0.25) is 4.79 Å². The number of rotatable bonds is 74. The molecule has 0 aromatic rings. The van der Waals surface area contributed by atoms with Crippen molar-refractivity contribution in [2.24, 2.45) is 0 Å². The van der Waals surface area contributed by atoms with Gasteiger partial charge in [-0.05, 0) is 12.8 Å². The fourth-order valence-electron chi connectivity index (χ4n) is 13.0. The quantitative estimate of drug-likeness (QED) is 0.0532. The molecule has 81 heavy (non-hydrogen) atoms. The number of amides is 1. The molecule has 0 spiro atoms. The summed E-state index contributed by atoms with van der Waals surface area (Å²) in [6.45, 7) is 4.43. The average molecular weight is 1140 g/mol. The monoisotopic (exact) mass is 1140 g/mol. The highest BCUT2D eigenvalue weighted by molar-refractivity contribution is 5.76. The Labute approximate surface area is 512 Å². The molecule has 4 heteroatoms. The Bertz CT molecular complexity index is 1110. The molecule has 2 unspecified atom stereocenters. The fraction of sp³-hybridized carbons (Fsp3) is 0.987. The van der Waals surface area contributed by atoms with E-state index < -0.39 is 12.1 Å². The van der Waals surface area contributed by atoms with Gasteiger partial charge in [-0.1, -0.05) is 450 Å². The number of hydrogen-bond donors (Lipinski definition) is 3. The maximum absolute atomic E-state index is 12.6. The highest BCUT2D eigenvalue weighted by Gasteiger charge is 2.20. The van der Waals surface area contributed by atoms with Crippen LogP contribution >= 0.6 is 0 Å². The van der Waals surface area contributed by atoms with Crippen molar-refractivity contribution in [3.63, 3.8) is 0 Å². The third-order valence-electron chi connectivity index (χ3n) is 18.9. The van der Waals surface area contributed by atoms with Crippen molar-refractivity contribution in [3.8, 4) is 0 Å². The molecule has 0 saturated carbocycles. The van der Waals surface area contributed by atoms with Crippen molar-refractivity contribution in [3.05, 3.63) is 0 Å². The van der Waals surface area contributed by atoms with E-state index in [-0.39, 0.29) is 12.5 Å². The molecule has 0 rings (SSSR count). The van der Waals surface area contributed by atoms with Crippen molar-refractivity contribution in [1.82, 2.24) is 5.32 Å². The van der Waals surface area contributed by atoms with E-state index >= 15 is 0 Å². The van der Waals surface area contributed by atoms with Gasteiger partial charge in [0, 0.05) is 6.42 Å². The van der Waals surface area contributed by atoms with Gasteiger partial charge in [-0.15, -0.1) is 0 Å². The highest BCUT2D eigenvalue weighted by atomic mass is 16.3. The van der Waals surface area contributed by atoms with Crippen LogP contribution in [0.3, 0.4) is 0 Å². The van der Waals surface area contributed by atoms with Crippen LogP contribution in [0.1, 0.15) is 470 Å². The summed E-state index contributed by atoms with van der Waals surface area (Å²) < 4.78 is 0. The molecule has 0 radical (unpaired) electrons. The lowest BCUT2D eigenvalue weighted by Gasteiger charge is -2.22. The molecule has 3 N–H and O–H groups in total. The first-order valence-corrected chi connectivity index (χ1v) is 38.7. The number of carbonyl (C=O) groups is 1. The van der Waals surface area contributed by atoms with Crippen molar-refractivity contribution in [2.75, 3.05) is 6.61 Å². The van der Waals surface area contributed by atoms with Gasteiger partial charge >= 0.3 is 0 Å². The third kappa shape index (κ3) is 70.0. The number of nitrogens with one attached hydrogen (secondary N) is 1. The van der Waals surface area contributed by atoms with E-state index in [1.807, 2.05) is 0 Å². The third-order valence-corrected chi connectivity index (χ3v) is 18.9.